The molecule has 2 aromatic heterocycles. The van der Waals surface area contributed by atoms with Gasteiger partial charge in [-0.1, -0.05) is 11.6 Å². The monoisotopic (exact) mass is 316 g/mol. The Hall–Kier alpha value is -0.580. The summed E-state index contributed by atoms with van der Waals surface area (Å²) in [6, 6.07) is 7.99. The number of halogens is 2. The van der Waals surface area contributed by atoms with Gasteiger partial charge in [-0.2, -0.15) is 0 Å². The molecule has 5 heteroatoms. The molecule has 0 amide bonds. The number of aromatic nitrogens is 1. The van der Waals surface area contributed by atoms with E-state index in [2.05, 4.69) is 33.2 Å². The average molecular weight is 318 g/mol. The van der Waals surface area contributed by atoms with Gasteiger partial charge in [0.1, 0.15) is 5.82 Å². The minimum absolute atomic E-state index is 0.198. The fourth-order valence-electron chi connectivity index (χ4n) is 1.33. The van der Waals surface area contributed by atoms with Crippen molar-refractivity contribution in [2.24, 2.45) is 0 Å². The zero-order chi connectivity index (χ0) is 11.5. The number of hydrogen-bond donors (Lipinski definition) is 1. The van der Waals surface area contributed by atoms with Crippen molar-refractivity contribution in [1.82, 2.24) is 4.98 Å². The summed E-state index contributed by atoms with van der Waals surface area (Å²) >= 11 is 10.9. The van der Waals surface area contributed by atoms with E-state index in [1.165, 1.54) is 4.88 Å². The van der Waals surface area contributed by atoms with Crippen LogP contribution in [0.2, 0.25) is 4.34 Å². The Labute approximate surface area is 112 Å². The molecule has 16 heavy (non-hydrogen) atoms. The van der Waals surface area contributed by atoms with Crippen molar-refractivity contribution in [3.8, 4) is 0 Å². The van der Waals surface area contributed by atoms with Crippen molar-refractivity contribution in [2.75, 3.05) is 5.32 Å². The summed E-state index contributed by atoms with van der Waals surface area (Å²) in [4.78, 5) is 5.46. The molecule has 0 aromatic carbocycles. The maximum absolute atomic E-state index is 5.90. The van der Waals surface area contributed by atoms with Crippen molar-refractivity contribution in [2.45, 2.75) is 13.0 Å². The van der Waals surface area contributed by atoms with E-state index in [0.29, 0.717) is 0 Å². The molecular weight excluding hydrogens is 308 g/mol. The SMILES string of the molecule is CC(Nc1ncccc1Br)c1ccc(Cl)s1. The normalized spacial score (nSPS) is 12.4. The summed E-state index contributed by atoms with van der Waals surface area (Å²) in [7, 11) is 0. The van der Waals surface area contributed by atoms with Crippen molar-refractivity contribution in [3.63, 3.8) is 0 Å². The van der Waals surface area contributed by atoms with Crippen LogP contribution in [-0.2, 0) is 0 Å². The highest BCUT2D eigenvalue weighted by atomic mass is 79.9. The number of rotatable bonds is 3. The van der Waals surface area contributed by atoms with Gasteiger partial charge in [-0.25, -0.2) is 4.98 Å². The first kappa shape index (κ1) is 11.9. The molecule has 0 fully saturated rings. The predicted molar refractivity (Wildman–Crippen MR) is 73.3 cm³/mol. The third-order valence-electron chi connectivity index (χ3n) is 2.13. The predicted octanol–water partition coefficient (Wildman–Crippen LogP) is 4.73. The highest BCUT2D eigenvalue weighted by Gasteiger charge is 2.10. The summed E-state index contributed by atoms with van der Waals surface area (Å²) in [5.41, 5.74) is 0. The van der Waals surface area contributed by atoms with E-state index in [1.807, 2.05) is 24.3 Å². The summed E-state index contributed by atoms with van der Waals surface area (Å²) < 4.78 is 1.77. The molecule has 2 heterocycles. The molecule has 1 atom stereocenters. The van der Waals surface area contributed by atoms with Crippen LogP contribution in [0.25, 0.3) is 0 Å². The van der Waals surface area contributed by atoms with E-state index >= 15 is 0 Å². The van der Waals surface area contributed by atoms with Crippen molar-refractivity contribution in [1.29, 1.82) is 0 Å². The Morgan fingerprint density at radius 1 is 1.44 bits per heavy atom. The molecular formula is C11H10BrClN2S. The van der Waals surface area contributed by atoms with Crippen LogP contribution in [0.3, 0.4) is 0 Å². The van der Waals surface area contributed by atoms with Gasteiger partial charge in [0.25, 0.3) is 0 Å². The Morgan fingerprint density at radius 3 is 2.88 bits per heavy atom. The summed E-state index contributed by atoms with van der Waals surface area (Å²) in [6.45, 7) is 2.09. The van der Waals surface area contributed by atoms with Crippen LogP contribution in [0.15, 0.2) is 34.9 Å². The molecule has 0 radical (unpaired) electrons. The van der Waals surface area contributed by atoms with Gasteiger partial charge in [-0.05, 0) is 47.1 Å². The van der Waals surface area contributed by atoms with Gasteiger partial charge in [-0.15, -0.1) is 11.3 Å². The highest BCUT2D eigenvalue weighted by molar-refractivity contribution is 9.10. The fraction of sp³-hybridized carbons (Fsp3) is 0.182. The highest BCUT2D eigenvalue weighted by Crippen LogP contribution is 2.30. The van der Waals surface area contributed by atoms with E-state index in [0.717, 1.165) is 14.6 Å². The lowest BCUT2D eigenvalue weighted by Crippen LogP contribution is -2.06. The topological polar surface area (TPSA) is 24.9 Å². The van der Waals surface area contributed by atoms with Crippen molar-refractivity contribution >= 4 is 44.7 Å². The van der Waals surface area contributed by atoms with Gasteiger partial charge >= 0.3 is 0 Å². The molecule has 0 aliphatic carbocycles. The summed E-state index contributed by atoms with van der Waals surface area (Å²) in [5.74, 6) is 0.847. The Balaban J connectivity index is 2.13. The molecule has 2 rings (SSSR count). The smallest absolute Gasteiger partial charge is 0.140 e. The third-order valence-corrected chi connectivity index (χ3v) is 4.19. The molecule has 0 aliphatic heterocycles. The number of anilines is 1. The standard InChI is InChI=1S/C11H10BrClN2S/c1-7(9-4-5-10(13)16-9)15-11-8(12)3-2-6-14-11/h2-7H,1H3,(H,14,15). The lowest BCUT2D eigenvalue weighted by Gasteiger charge is -2.13. The molecule has 0 spiro atoms. The number of pyridine rings is 1. The number of nitrogens with one attached hydrogen (secondary N) is 1. The summed E-state index contributed by atoms with van der Waals surface area (Å²) in [6.07, 6.45) is 1.77. The van der Waals surface area contributed by atoms with Crippen LogP contribution in [0, 0.1) is 0 Å². The first-order chi connectivity index (χ1) is 7.66. The van der Waals surface area contributed by atoms with E-state index in [1.54, 1.807) is 17.5 Å². The molecule has 0 aliphatic rings. The second-order valence-electron chi connectivity index (χ2n) is 3.34. The maximum Gasteiger partial charge on any atom is 0.140 e. The van der Waals surface area contributed by atoms with Crippen LogP contribution >= 0.6 is 38.9 Å². The van der Waals surface area contributed by atoms with Crippen molar-refractivity contribution < 1.29 is 0 Å². The van der Waals surface area contributed by atoms with Gasteiger partial charge < -0.3 is 5.32 Å². The van der Waals surface area contributed by atoms with E-state index in [9.17, 15) is 0 Å². The largest absolute Gasteiger partial charge is 0.362 e. The lowest BCUT2D eigenvalue weighted by atomic mass is 10.3. The Bertz CT molecular complexity index is 486. The maximum atomic E-state index is 5.90. The van der Waals surface area contributed by atoms with Crippen LogP contribution in [0.4, 0.5) is 5.82 Å². The van der Waals surface area contributed by atoms with Gasteiger partial charge in [0, 0.05) is 11.1 Å². The quantitative estimate of drug-likeness (QED) is 0.885. The number of nitrogens with zero attached hydrogens (tertiary/aromatic N) is 1. The second kappa shape index (κ2) is 5.17. The molecule has 2 aromatic rings. The molecule has 1 N–H and O–H groups in total. The molecule has 0 saturated heterocycles. The Kier molecular flexibility index (Phi) is 3.84. The van der Waals surface area contributed by atoms with E-state index < -0.39 is 0 Å². The zero-order valence-corrected chi connectivity index (χ0v) is 11.7. The molecule has 2 nitrogen and oxygen atoms in total. The molecule has 1 unspecified atom stereocenters. The first-order valence-electron chi connectivity index (χ1n) is 4.79. The molecule has 0 saturated carbocycles. The van der Waals surface area contributed by atoms with Crippen LogP contribution in [0.1, 0.15) is 17.8 Å². The second-order valence-corrected chi connectivity index (χ2v) is 5.94. The lowest BCUT2D eigenvalue weighted by molar-refractivity contribution is 0.894. The minimum Gasteiger partial charge on any atom is -0.362 e. The first-order valence-corrected chi connectivity index (χ1v) is 6.78. The number of thiophene rings is 1. The van der Waals surface area contributed by atoms with Gasteiger partial charge in [0.2, 0.25) is 0 Å². The van der Waals surface area contributed by atoms with E-state index in [-0.39, 0.29) is 6.04 Å². The van der Waals surface area contributed by atoms with Crippen LogP contribution < -0.4 is 5.32 Å². The van der Waals surface area contributed by atoms with Gasteiger partial charge in [0.05, 0.1) is 14.9 Å². The third kappa shape index (κ3) is 2.75. The van der Waals surface area contributed by atoms with Gasteiger partial charge in [-0.3, -0.25) is 0 Å². The van der Waals surface area contributed by atoms with Crippen LogP contribution in [0.5, 0.6) is 0 Å². The number of hydrogen-bond acceptors (Lipinski definition) is 3. The molecule has 84 valence electrons. The average Bonchev–Trinajstić information content (AvgIpc) is 2.68. The van der Waals surface area contributed by atoms with E-state index in [4.69, 9.17) is 11.6 Å². The van der Waals surface area contributed by atoms with Crippen LogP contribution in [-0.4, -0.2) is 4.98 Å². The fourth-order valence-corrected chi connectivity index (χ4v) is 2.76. The summed E-state index contributed by atoms with van der Waals surface area (Å²) in [5, 5.41) is 3.33. The molecule has 0 bridgehead atoms. The zero-order valence-electron chi connectivity index (χ0n) is 8.58. The van der Waals surface area contributed by atoms with Crippen molar-refractivity contribution in [3.05, 3.63) is 44.1 Å². The Morgan fingerprint density at radius 2 is 2.25 bits per heavy atom. The minimum atomic E-state index is 0.198. The van der Waals surface area contributed by atoms with Gasteiger partial charge in [0.15, 0.2) is 0 Å².